The van der Waals surface area contributed by atoms with Gasteiger partial charge in [-0.2, -0.15) is 5.26 Å². The zero-order valence-corrected chi connectivity index (χ0v) is 9.73. The van der Waals surface area contributed by atoms with E-state index in [0.717, 1.165) is 11.1 Å². The van der Waals surface area contributed by atoms with Crippen LogP contribution in [0.4, 0.5) is 0 Å². The van der Waals surface area contributed by atoms with Gasteiger partial charge in [-0.25, -0.2) is 4.79 Å². The zero-order valence-electron chi connectivity index (χ0n) is 9.73. The van der Waals surface area contributed by atoms with Gasteiger partial charge in [0.2, 0.25) is 0 Å². The first-order valence-electron chi connectivity index (χ1n) is 5.36. The van der Waals surface area contributed by atoms with Gasteiger partial charge >= 0.3 is 5.97 Å². The molecule has 2 rings (SSSR count). The third-order valence-electron chi connectivity index (χ3n) is 2.57. The summed E-state index contributed by atoms with van der Waals surface area (Å²) < 4.78 is 6.79. The molecule has 2 aromatic rings. The largest absolute Gasteiger partial charge is 0.462 e. The zero-order chi connectivity index (χ0) is 12.4. The highest BCUT2D eigenvalue weighted by Gasteiger charge is 2.16. The number of nitriles is 1. The number of ether oxygens (including phenoxy) is 1. The van der Waals surface area contributed by atoms with Crippen molar-refractivity contribution in [1.82, 2.24) is 4.40 Å². The fourth-order valence-electron chi connectivity index (χ4n) is 1.85. The van der Waals surface area contributed by atoms with Gasteiger partial charge in [-0.1, -0.05) is 0 Å². The molecule has 0 N–H and O–H groups in total. The van der Waals surface area contributed by atoms with E-state index < -0.39 is 0 Å². The van der Waals surface area contributed by atoms with Crippen molar-refractivity contribution in [2.45, 2.75) is 13.8 Å². The van der Waals surface area contributed by atoms with Crippen molar-refractivity contribution in [3.05, 3.63) is 41.2 Å². The summed E-state index contributed by atoms with van der Waals surface area (Å²) in [5.41, 5.74) is 2.73. The summed E-state index contributed by atoms with van der Waals surface area (Å²) in [7, 11) is 0. The van der Waals surface area contributed by atoms with Crippen LogP contribution in [0.5, 0.6) is 0 Å². The minimum Gasteiger partial charge on any atom is -0.462 e. The van der Waals surface area contributed by atoms with Gasteiger partial charge in [0.1, 0.15) is 6.07 Å². The number of carbonyl (C=O) groups excluding carboxylic acids is 1. The van der Waals surface area contributed by atoms with E-state index in [0.29, 0.717) is 17.7 Å². The van der Waals surface area contributed by atoms with Crippen LogP contribution < -0.4 is 0 Å². The molecule has 17 heavy (non-hydrogen) atoms. The van der Waals surface area contributed by atoms with E-state index >= 15 is 0 Å². The number of hydrogen-bond donors (Lipinski definition) is 0. The molecule has 4 nitrogen and oxygen atoms in total. The maximum Gasteiger partial charge on any atom is 0.340 e. The van der Waals surface area contributed by atoms with Crippen LogP contribution in [-0.2, 0) is 4.74 Å². The highest BCUT2D eigenvalue weighted by atomic mass is 16.5. The Bertz CT molecular complexity index is 620. The number of rotatable bonds is 2. The molecular formula is C13H12N2O2. The Labute approximate surface area is 99.0 Å². The predicted molar refractivity (Wildman–Crippen MR) is 62.8 cm³/mol. The molecule has 86 valence electrons. The SMILES string of the molecule is CCOC(=O)c1c(C)cn2cc(C#N)ccc12. The smallest absolute Gasteiger partial charge is 0.340 e. The van der Waals surface area contributed by atoms with Crippen LogP contribution in [0, 0.1) is 18.3 Å². The molecule has 2 heterocycles. The van der Waals surface area contributed by atoms with E-state index in [9.17, 15) is 4.79 Å². The van der Waals surface area contributed by atoms with Crippen LogP contribution in [0.15, 0.2) is 24.5 Å². The van der Waals surface area contributed by atoms with E-state index in [2.05, 4.69) is 6.07 Å². The van der Waals surface area contributed by atoms with Crippen molar-refractivity contribution >= 4 is 11.5 Å². The number of pyridine rings is 1. The van der Waals surface area contributed by atoms with Crippen molar-refractivity contribution in [2.75, 3.05) is 6.61 Å². The molecule has 0 aliphatic carbocycles. The van der Waals surface area contributed by atoms with Crippen LogP contribution in [0.25, 0.3) is 5.52 Å². The van der Waals surface area contributed by atoms with Crippen LogP contribution in [0.2, 0.25) is 0 Å². The maximum absolute atomic E-state index is 11.8. The molecular weight excluding hydrogens is 216 g/mol. The molecule has 2 aromatic heterocycles. The molecule has 0 amide bonds. The van der Waals surface area contributed by atoms with E-state index in [1.165, 1.54) is 0 Å². The average Bonchev–Trinajstić information content (AvgIpc) is 2.64. The normalized spacial score (nSPS) is 10.2. The minimum absolute atomic E-state index is 0.322. The van der Waals surface area contributed by atoms with Gasteiger partial charge in [0.15, 0.2) is 0 Å². The van der Waals surface area contributed by atoms with E-state index in [-0.39, 0.29) is 5.97 Å². The number of nitrogens with zero attached hydrogens (tertiary/aromatic N) is 2. The maximum atomic E-state index is 11.8. The van der Waals surface area contributed by atoms with Gasteiger partial charge in [-0.05, 0) is 31.5 Å². The van der Waals surface area contributed by atoms with Gasteiger partial charge in [0.05, 0.1) is 23.3 Å². The first-order chi connectivity index (χ1) is 8.17. The van der Waals surface area contributed by atoms with Crippen molar-refractivity contribution in [2.24, 2.45) is 0 Å². The number of aryl methyl sites for hydroxylation is 1. The Morgan fingerprint density at radius 3 is 2.88 bits per heavy atom. The number of hydrogen-bond acceptors (Lipinski definition) is 3. The second-order valence-electron chi connectivity index (χ2n) is 3.73. The second-order valence-corrected chi connectivity index (χ2v) is 3.73. The topological polar surface area (TPSA) is 54.5 Å². The first-order valence-corrected chi connectivity index (χ1v) is 5.36. The summed E-state index contributed by atoms with van der Waals surface area (Å²) in [6.07, 6.45) is 3.52. The van der Waals surface area contributed by atoms with Crippen LogP contribution in [-0.4, -0.2) is 17.0 Å². The van der Waals surface area contributed by atoms with Crippen LogP contribution >= 0.6 is 0 Å². The Morgan fingerprint density at radius 1 is 1.47 bits per heavy atom. The summed E-state index contributed by atoms with van der Waals surface area (Å²) in [5.74, 6) is -0.322. The summed E-state index contributed by atoms with van der Waals surface area (Å²) in [4.78, 5) is 11.8. The minimum atomic E-state index is -0.322. The van der Waals surface area contributed by atoms with Crippen LogP contribution in [0.3, 0.4) is 0 Å². The molecule has 0 saturated heterocycles. The molecule has 0 bridgehead atoms. The third kappa shape index (κ3) is 1.87. The number of aromatic nitrogens is 1. The van der Waals surface area contributed by atoms with Crippen LogP contribution in [0.1, 0.15) is 28.4 Å². The Hall–Kier alpha value is -2.28. The lowest BCUT2D eigenvalue weighted by Crippen LogP contribution is -2.05. The lowest BCUT2D eigenvalue weighted by molar-refractivity contribution is 0.0528. The van der Waals surface area contributed by atoms with Gasteiger partial charge in [0, 0.05) is 12.4 Å². The molecule has 0 saturated carbocycles. The van der Waals surface area contributed by atoms with Crippen molar-refractivity contribution in [3.8, 4) is 6.07 Å². The Kier molecular flexibility index (Phi) is 2.84. The van der Waals surface area contributed by atoms with E-state index in [1.807, 2.05) is 13.1 Å². The fraction of sp³-hybridized carbons (Fsp3) is 0.231. The molecule has 0 atom stereocenters. The summed E-state index contributed by atoms with van der Waals surface area (Å²) in [6, 6.07) is 5.52. The molecule has 0 unspecified atom stereocenters. The fourth-order valence-corrected chi connectivity index (χ4v) is 1.85. The summed E-state index contributed by atoms with van der Waals surface area (Å²) in [6.45, 7) is 3.98. The summed E-state index contributed by atoms with van der Waals surface area (Å²) in [5, 5.41) is 8.81. The second kappa shape index (κ2) is 4.30. The molecule has 0 fully saturated rings. The standard InChI is InChI=1S/C13H12N2O2/c1-3-17-13(16)12-9(2)7-15-8-10(6-14)4-5-11(12)15/h4-5,7-8H,3H2,1-2H3. The highest BCUT2D eigenvalue weighted by molar-refractivity contribution is 5.99. The van der Waals surface area contributed by atoms with Gasteiger partial charge in [-0.15, -0.1) is 0 Å². The Balaban J connectivity index is 2.61. The quantitative estimate of drug-likeness (QED) is 0.741. The number of esters is 1. The molecule has 0 radical (unpaired) electrons. The van der Waals surface area contributed by atoms with Gasteiger partial charge in [-0.3, -0.25) is 0 Å². The van der Waals surface area contributed by atoms with Crippen molar-refractivity contribution in [1.29, 1.82) is 5.26 Å². The van der Waals surface area contributed by atoms with Gasteiger partial charge < -0.3 is 9.14 Å². The lowest BCUT2D eigenvalue weighted by atomic mass is 10.2. The predicted octanol–water partition coefficient (Wildman–Crippen LogP) is 2.30. The molecule has 0 spiro atoms. The monoisotopic (exact) mass is 228 g/mol. The highest BCUT2D eigenvalue weighted by Crippen LogP contribution is 2.19. The van der Waals surface area contributed by atoms with Gasteiger partial charge in [0.25, 0.3) is 0 Å². The van der Waals surface area contributed by atoms with E-state index in [4.69, 9.17) is 10.00 Å². The lowest BCUT2D eigenvalue weighted by Gasteiger charge is -2.02. The third-order valence-corrected chi connectivity index (χ3v) is 2.57. The first kappa shape index (κ1) is 11.2. The molecule has 0 aliphatic heterocycles. The molecule has 0 aliphatic rings. The average molecular weight is 228 g/mol. The molecule has 4 heteroatoms. The number of carbonyl (C=O) groups is 1. The number of fused-ring (bicyclic) bond motifs is 1. The Morgan fingerprint density at radius 2 is 2.24 bits per heavy atom. The summed E-state index contributed by atoms with van der Waals surface area (Å²) >= 11 is 0. The van der Waals surface area contributed by atoms with Crippen molar-refractivity contribution in [3.63, 3.8) is 0 Å². The molecule has 0 aromatic carbocycles. The van der Waals surface area contributed by atoms with Crippen molar-refractivity contribution < 1.29 is 9.53 Å². The van der Waals surface area contributed by atoms with E-state index in [1.54, 1.807) is 29.7 Å².